The average molecular weight is 297 g/mol. The lowest BCUT2D eigenvalue weighted by Crippen LogP contribution is -2.61. The summed E-state index contributed by atoms with van der Waals surface area (Å²) < 4.78 is 0. The molecule has 4 heteroatoms. The number of hydrogen-bond acceptors (Lipinski definition) is 3. The van der Waals surface area contributed by atoms with Gasteiger partial charge in [-0.05, 0) is 50.2 Å². The molecular weight excluding hydrogens is 270 g/mol. The van der Waals surface area contributed by atoms with Gasteiger partial charge in [-0.2, -0.15) is 11.8 Å². The third kappa shape index (κ3) is 2.74. The predicted octanol–water partition coefficient (Wildman–Crippen LogP) is 3.38. The molecule has 3 fully saturated rings. The normalized spacial score (nSPS) is 43.0. The van der Waals surface area contributed by atoms with Crippen molar-refractivity contribution in [1.29, 1.82) is 0 Å². The first kappa shape index (κ1) is 14.7. The fourth-order valence-electron chi connectivity index (χ4n) is 4.70. The maximum absolute atomic E-state index is 11.7. The minimum atomic E-state index is -0.586. The number of likely N-dealkylation sites (tertiary alicyclic amines) is 1. The second kappa shape index (κ2) is 6.27. The number of nitrogens with zero attached hydrogens (tertiary/aromatic N) is 1. The highest BCUT2D eigenvalue weighted by Gasteiger charge is 2.45. The Hall–Kier alpha value is -0.220. The molecule has 1 N–H and O–H groups in total. The highest BCUT2D eigenvalue weighted by Crippen LogP contribution is 2.42. The van der Waals surface area contributed by atoms with Crippen LogP contribution >= 0.6 is 11.8 Å². The molecule has 3 rings (SSSR count). The molecule has 5 unspecified atom stereocenters. The number of thioether (sulfide) groups is 1. The zero-order valence-electron chi connectivity index (χ0n) is 12.5. The highest BCUT2D eigenvalue weighted by molar-refractivity contribution is 7.99. The van der Waals surface area contributed by atoms with E-state index in [1.807, 2.05) is 11.8 Å². The van der Waals surface area contributed by atoms with E-state index in [-0.39, 0.29) is 6.04 Å². The third-order valence-corrected chi connectivity index (χ3v) is 7.02. The van der Waals surface area contributed by atoms with Gasteiger partial charge in [-0.15, -0.1) is 0 Å². The minimum absolute atomic E-state index is 0.222. The number of hydrogen-bond donors (Lipinski definition) is 1. The van der Waals surface area contributed by atoms with Gasteiger partial charge in [0.25, 0.3) is 0 Å². The van der Waals surface area contributed by atoms with Gasteiger partial charge in [0.15, 0.2) is 0 Å². The second-order valence-corrected chi connectivity index (χ2v) is 8.26. The number of carboxylic acid groups (broad SMARTS) is 1. The van der Waals surface area contributed by atoms with E-state index < -0.39 is 5.97 Å². The maximum atomic E-state index is 11.7. The molecule has 3 aliphatic rings. The summed E-state index contributed by atoms with van der Waals surface area (Å²) in [6.45, 7) is 2.31. The van der Waals surface area contributed by atoms with Crippen LogP contribution in [-0.2, 0) is 4.79 Å². The highest BCUT2D eigenvalue weighted by atomic mass is 32.2. The zero-order valence-corrected chi connectivity index (χ0v) is 13.3. The van der Waals surface area contributed by atoms with Gasteiger partial charge >= 0.3 is 5.97 Å². The van der Waals surface area contributed by atoms with Crippen molar-refractivity contribution in [1.82, 2.24) is 4.90 Å². The van der Waals surface area contributed by atoms with Crippen molar-refractivity contribution in [3.63, 3.8) is 0 Å². The van der Waals surface area contributed by atoms with Crippen molar-refractivity contribution in [2.45, 2.75) is 81.7 Å². The molecule has 0 radical (unpaired) electrons. The van der Waals surface area contributed by atoms with E-state index in [2.05, 4.69) is 11.8 Å². The molecule has 0 spiro atoms. The molecule has 0 bridgehead atoms. The molecular formula is C16H27NO2S. The van der Waals surface area contributed by atoms with Gasteiger partial charge in [-0.25, -0.2) is 0 Å². The van der Waals surface area contributed by atoms with E-state index in [1.54, 1.807) is 0 Å². The van der Waals surface area contributed by atoms with E-state index in [9.17, 15) is 9.90 Å². The van der Waals surface area contributed by atoms with Crippen molar-refractivity contribution in [3.05, 3.63) is 0 Å². The van der Waals surface area contributed by atoms with Crippen molar-refractivity contribution < 1.29 is 9.90 Å². The predicted molar refractivity (Wildman–Crippen MR) is 83.2 cm³/mol. The first-order valence-corrected chi connectivity index (χ1v) is 9.35. The number of rotatable bonds is 2. The van der Waals surface area contributed by atoms with Crippen molar-refractivity contribution in [2.24, 2.45) is 5.92 Å². The Balaban J connectivity index is 1.84. The standard InChI is InChI=1S/C16H27NO2S/c1-11-13(7-4-10-20-11)17-14-6-3-2-5-12(14)8-9-15(17)16(18)19/h11-15H,2-10H2,1H3,(H,18,19). The fourth-order valence-corrected chi connectivity index (χ4v) is 5.90. The van der Waals surface area contributed by atoms with E-state index in [0.29, 0.717) is 17.3 Å². The van der Waals surface area contributed by atoms with Gasteiger partial charge in [0, 0.05) is 17.3 Å². The molecule has 2 heterocycles. The van der Waals surface area contributed by atoms with Gasteiger partial charge in [-0.3, -0.25) is 9.69 Å². The van der Waals surface area contributed by atoms with Gasteiger partial charge in [-0.1, -0.05) is 19.8 Å². The Morgan fingerprint density at radius 2 is 1.80 bits per heavy atom. The summed E-state index contributed by atoms with van der Waals surface area (Å²) in [5.74, 6) is 1.42. The second-order valence-electron chi connectivity index (χ2n) is 6.78. The van der Waals surface area contributed by atoms with Crippen LogP contribution in [0.2, 0.25) is 0 Å². The molecule has 0 aromatic carbocycles. The molecule has 0 aromatic rings. The monoisotopic (exact) mass is 297 g/mol. The Morgan fingerprint density at radius 1 is 1.05 bits per heavy atom. The number of carbonyl (C=O) groups is 1. The van der Waals surface area contributed by atoms with Crippen molar-refractivity contribution >= 4 is 17.7 Å². The van der Waals surface area contributed by atoms with Gasteiger partial charge in [0.05, 0.1) is 0 Å². The van der Waals surface area contributed by atoms with Crippen LogP contribution in [0.25, 0.3) is 0 Å². The van der Waals surface area contributed by atoms with Crippen molar-refractivity contribution in [2.75, 3.05) is 5.75 Å². The van der Waals surface area contributed by atoms with Gasteiger partial charge < -0.3 is 5.11 Å². The SMILES string of the molecule is CC1SCCCC1N1C(C(=O)O)CCC2CCCCC21. The first-order valence-electron chi connectivity index (χ1n) is 8.30. The van der Waals surface area contributed by atoms with E-state index in [4.69, 9.17) is 0 Å². The largest absolute Gasteiger partial charge is 0.480 e. The molecule has 0 amide bonds. The van der Waals surface area contributed by atoms with Gasteiger partial charge in [0.1, 0.15) is 6.04 Å². The topological polar surface area (TPSA) is 40.5 Å². The van der Waals surface area contributed by atoms with E-state index >= 15 is 0 Å². The van der Waals surface area contributed by atoms with Crippen LogP contribution in [0.1, 0.15) is 58.3 Å². The minimum Gasteiger partial charge on any atom is -0.480 e. The summed E-state index contributed by atoms with van der Waals surface area (Å²) in [6.07, 6.45) is 9.63. The number of carboxylic acids is 1. The van der Waals surface area contributed by atoms with E-state index in [1.165, 1.54) is 44.3 Å². The Kier molecular flexibility index (Phi) is 4.61. The Morgan fingerprint density at radius 3 is 2.55 bits per heavy atom. The lowest BCUT2D eigenvalue weighted by molar-refractivity contribution is -0.150. The summed E-state index contributed by atoms with van der Waals surface area (Å²) in [5, 5.41) is 10.3. The maximum Gasteiger partial charge on any atom is 0.320 e. The fraction of sp³-hybridized carbons (Fsp3) is 0.938. The molecule has 20 heavy (non-hydrogen) atoms. The Bertz CT molecular complexity index is 356. The Labute approximate surface area is 126 Å². The molecule has 114 valence electrons. The van der Waals surface area contributed by atoms with Crippen LogP contribution in [0.3, 0.4) is 0 Å². The van der Waals surface area contributed by atoms with Crippen LogP contribution in [0.15, 0.2) is 0 Å². The first-order chi connectivity index (χ1) is 9.68. The van der Waals surface area contributed by atoms with E-state index in [0.717, 1.165) is 18.8 Å². The molecule has 3 nitrogen and oxygen atoms in total. The van der Waals surface area contributed by atoms with Crippen molar-refractivity contribution in [3.8, 4) is 0 Å². The summed E-state index contributed by atoms with van der Waals surface area (Å²) in [4.78, 5) is 14.2. The van der Waals surface area contributed by atoms with Crippen LogP contribution in [-0.4, -0.2) is 45.1 Å². The molecule has 1 saturated carbocycles. The zero-order chi connectivity index (χ0) is 14.1. The molecule has 5 atom stereocenters. The van der Waals surface area contributed by atoms with Crippen LogP contribution in [0.4, 0.5) is 0 Å². The smallest absolute Gasteiger partial charge is 0.320 e. The molecule has 1 aliphatic carbocycles. The number of fused-ring (bicyclic) bond motifs is 1. The summed E-state index contributed by atoms with van der Waals surface area (Å²) in [7, 11) is 0. The van der Waals surface area contributed by atoms with Gasteiger partial charge in [0.2, 0.25) is 0 Å². The van der Waals surface area contributed by atoms with Crippen LogP contribution in [0.5, 0.6) is 0 Å². The lowest BCUT2D eigenvalue weighted by atomic mass is 9.75. The number of aliphatic carboxylic acids is 1. The number of piperidine rings is 1. The van der Waals surface area contributed by atoms with Crippen LogP contribution < -0.4 is 0 Å². The summed E-state index contributed by atoms with van der Waals surface area (Å²) >= 11 is 2.04. The third-order valence-electron chi connectivity index (χ3n) is 5.66. The molecule has 2 aliphatic heterocycles. The molecule has 0 aromatic heterocycles. The molecule has 2 saturated heterocycles. The quantitative estimate of drug-likeness (QED) is 0.848. The lowest BCUT2D eigenvalue weighted by Gasteiger charge is -2.52. The van der Waals surface area contributed by atoms with Crippen LogP contribution in [0, 0.1) is 5.92 Å². The average Bonchev–Trinajstić information content (AvgIpc) is 2.46. The summed E-state index contributed by atoms with van der Waals surface area (Å²) in [5.41, 5.74) is 0. The summed E-state index contributed by atoms with van der Waals surface area (Å²) in [6, 6.07) is 0.811.